The van der Waals surface area contributed by atoms with Crippen molar-refractivity contribution in [1.29, 1.82) is 0 Å². The molecular weight excluding hydrogens is 246 g/mol. The first-order valence-electron chi connectivity index (χ1n) is 8.69. The molecule has 3 nitrogen and oxygen atoms in total. The number of likely N-dealkylation sites (tertiary alicyclic amines) is 1. The summed E-state index contributed by atoms with van der Waals surface area (Å²) in [5.41, 5.74) is 0. The maximum absolute atomic E-state index is 3.53. The van der Waals surface area contributed by atoms with Gasteiger partial charge < -0.3 is 15.1 Å². The highest BCUT2D eigenvalue weighted by molar-refractivity contribution is 4.77. The van der Waals surface area contributed by atoms with Crippen LogP contribution in [0, 0.1) is 5.92 Å². The quantitative estimate of drug-likeness (QED) is 0.622. The molecule has 0 bridgehead atoms. The predicted molar refractivity (Wildman–Crippen MR) is 89.3 cm³/mol. The third kappa shape index (κ3) is 8.23. The molecule has 120 valence electrons. The summed E-state index contributed by atoms with van der Waals surface area (Å²) in [6.45, 7) is 10.7. The number of nitrogens with one attached hydrogen (secondary N) is 1. The lowest BCUT2D eigenvalue weighted by atomic mass is 10.0. The Balaban J connectivity index is 1.92. The van der Waals surface area contributed by atoms with Crippen LogP contribution in [0.5, 0.6) is 0 Å². The van der Waals surface area contributed by atoms with E-state index in [4.69, 9.17) is 0 Å². The summed E-state index contributed by atoms with van der Waals surface area (Å²) in [5, 5.41) is 3.53. The van der Waals surface area contributed by atoms with E-state index in [9.17, 15) is 0 Å². The van der Waals surface area contributed by atoms with Gasteiger partial charge in [-0.2, -0.15) is 0 Å². The summed E-state index contributed by atoms with van der Waals surface area (Å²) in [7, 11) is 4.57. The van der Waals surface area contributed by atoms with Gasteiger partial charge in [-0.3, -0.25) is 0 Å². The second-order valence-electron chi connectivity index (χ2n) is 7.05. The first kappa shape index (κ1) is 17.9. The Morgan fingerprint density at radius 3 is 2.65 bits per heavy atom. The Morgan fingerprint density at radius 1 is 1.20 bits per heavy atom. The summed E-state index contributed by atoms with van der Waals surface area (Å²) >= 11 is 0. The zero-order valence-corrected chi connectivity index (χ0v) is 14.3. The lowest BCUT2D eigenvalue weighted by Crippen LogP contribution is -2.45. The van der Waals surface area contributed by atoms with Crippen LogP contribution in [0.25, 0.3) is 0 Å². The van der Waals surface area contributed by atoms with Crippen LogP contribution in [-0.2, 0) is 0 Å². The van der Waals surface area contributed by atoms with E-state index in [1.165, 1.54) is 64.7 Å². The summed E-state index contributed by atoms with van der Waals surface area (Å²) < 4.78 is 0. The molecule has 0 amide bonds. The average Bonchev–Trinajstić information content (AvgIpc) is 2.41. The lowest BCUT2D eigenvalue weighted by molar-refractivity contribution is 0.133. The lowest BCUT2D eigenvalue weighted by Gasteiger charge is -2.35. The second kappa shape index (κ2) is 10.6. The third-order valence-corrected chi connectivity index (χ3v) is 4.39. The number of hydrogen-bond donors (Lipinski definition) is 1. The molecule has 1 aliphatic rings. The largest absolute Gasteiger partial charge is 0.316 e. The van der Waals surface area contributed by atoms with Gasteiger partial charge in [-0.25, -0.2) is 0 Å². The molecule has 1 N–H and O–H groups in total. The number of piperidine rings is 1. The van der Waals surface area contributed by atoms with E-state index in [-0.39, 0.29) is 0 Å². The fourth-order valence-corrected chi connectivity index (χ4v) is 3.04. The van der Waals surface area contributed by atoms with Crippen LogP contribution in [0.3, 0.4) is 0 Å². The number of unbranched alkanes of at least 4 members (excludes halogenated alkanes) is 3. The van der Waals surface area contributed by atoms with E-state index in [1.807, 2.05) is 0 Å². The van der Waals surface area contributed by atoms with Gasteiger partial charge >= 0.3 is 0 Å². The van der Waals surface area contributed by atoms with Crippen LogP contribution in [0.2, 0.25) is 0 Å². The third-order valence-electron chi connectivity index (χ3n) is 4.39. The molecule has 1 unspecified atom stereocenters. The molecule has 0 spiro atoms. The van der Waals surface area contributed by atoms with E-state index in [1.54, 1.807) is 0 Å². The van der Waals surface area contributed by atoms with Crippen LogP contribution in [0.4, 0.5) is 0 Å². The Labute approximate surface area is 127 Å². The van der Waals surface area contributed by atoms with Gasteiger partial charge in [-0.05, 0) is 71.9 Å². The topological polar surface area (TPSA) is 18.5 Å². The number of rotatable bonds is 10. The summed E-state index contributed by atoms with van der Waals surface area (Å²) in [6.07, 6.45) is 8.22. The van der Waals surface area contributed by atoms with Gasteiger partial charge in [0.1, 0.15) is 0 Å². The van der Waals surface area contributed by atoms with Gasteiger partial charge in [0.25, 0.3) is 0 Å². The Kier molecular flexibility index (Phi) is 9.49. The maximum atomic E-state index is 3.53. The Hall–Kier alpha value is -0.120. The molecule has 0 aromatic rings. The molecule has 1 rings (SSSR count). The van der Waals surface area contributed by atoms with Crippen LogP contribution >= 0.6 is 0 Å². The van der Waals surface area contributed by atoms with Gasteiger partial charge in [0.15, 0.2) is 0 Å². The van der Waals surface area contributed by atoms with E-state index in [0.29, 0.717) is 0 Å². The molecule has 0 saturated carbocycles. The highest BCUT2D eigenvalue weighted by atomic mass is 15.2. The molecule has 1 aliphatic heterocycles. The Bertz CT molecular complexity index is 230. The SMILES string of the molecule is CC(C)CNCCCCCCN(C)C1CCCN(C)C1. The molecule has 1 saturated heterocycles. The number of likely N-dealkylation sites (N-methyl/N-ethyl adjacent to an activating group) is 2. The monoisotopic (exact) mass is 283 g/mol. The minimum atomic E-state index is 0.775. The summed E-state index contributed by atoms with van der Waals surface area (Å²) in [5.74, 6) is 0.775. The van der Waals surface area contributed by atoms with Crippen LogP contribution in [0.15, 0.2) is 0 Å². The number of hydrogen-bond acceptors (Lipinski definition) is 3. The molecule has 0 aromatic carbocycles. The van der Waals surface area contributed by atoms with Gasteiger partial charge in [-0.15, -0.1) is 0 Å². The fraction of sp³-hybridized carbons (Fsp3) is 1.00. The summed E-state index contributed by atoms with van der Waals surface area (Å²) in [4.78, 5) is 5.07. The minimum Gasteiger partial charge on any atom is -0.316 e. The van der Waals surface area contributed by atoms with E-state index < -0.39 is 0 Å². The maximum Gasteiger partial charge on any atom is 0.0220 e. The van der Waals surface area contributed by atoms with Crippen LogP contribution < -0.4 is 5.32 Å². The van der Waals surface area contributed by atoms with Crippen molar-refractivity contribution in [2.24, 2.45) is 5.92 Å². The second-order valence-corrected chi connectivity index (χ2v) is 7.05. The van der Waals surface area contributed by atoms with E-state index >= 15 is 0 Å². The first-order valence-corrected chi connectivity index (χ1v) is 8.69. The normalized spacial score (nSPS) is 21.0. The van der Waals surface area contributed by atoms with E-state index in [2.05, 4.69) is 43.1 Å². The smallest absolute Gasteiger partial charge is 0.0220 e. The number of nitrogens with zero attached hydrogens (tertiary/aromatic N) is 2. The van der Waals surface area contributed by atoms with Crippen molar-refractivity contribution in [1.82, 2.24) is 15.1 Å². The van der Waals surface area contributed by atoms with Gasteiger partial charge in [-0.1, -0.05) is 26.7 Å². The minimum absolute atomic E-state index is 0.775. The predicted octanol–water partition coefficient (Wildman–Crippen LogP) is 2.82. The van der Waals surface area contributed by atoms with Gasteiger partial charge in [0.2, 0.25) is 0 Å². The molecule has 0 radical (unpaired) electrons. The van der Waals surface area contributed by atoms with E-state index in [0.717, 1.165) is 18.5 Å². The zero-order valence-electron chi connectivity index (χ0n) is 14.3. The van der Waals surface area contributed by atoms with Crippen molar-refractivity contribution in [3.63, 3.8) is 0 Å². The zero-order chi connectivity index (χ0) is 14.8. The molecule has 20 heavy (non-hydrogen) atoms. The highest BCUT2D eigenvalue weighted by Gasteiger charge is 2.20. The van der Waals surface area contributed by atoms with Crippen LogP contribution in [0.1, 0.15) is 52.4 Å². The standard InChI is InChI=1S/C17H37N3/c1-16(2)14-18-11-7-5-6-8-13-20(4)17-10-9-12-19(3)15-17/h16-18H,5-15H2,1-4H3. The highest BCUT2D eigenvalue weighted by Crippen LogP contribution is 2.14. The van der Waals surface area contributed by atoms with Crippen LogP contribution in [-0.4, -0.2) is 62.7 Å². The van der Waals surface area contributed by atoms with Crippen molar-refractivity contribution >= 4 is 0 Å². The molecule has 0 aliphatic carbocycles. The van der Waals surface area contributed by atoms with Crippen molar-refractivity contribution in [2.75, 3.05) is 46.8 Å². The van der Waals surface area contributed by atoms with Crippen molar-refractivity contribution in [2.45, 2.75) is 58.4 Å². The van der Waals surface area contributed by atoms with Crippen molar-refractivity contribution < 1.29 is 0 Å². The molecule has 3 heteroatoms. The molecule has 0 aromatic heterocycles. The Morgan fingerprint density at radius 2 is 1.95 bits per heavy atom. The van der Waals surface area contributed by atoms with Gasteiger partial charge in [0, 0.05) is 12.6 Å². The van der Waals surface area contributed by atoms with Crippen molar-refractivity contribution in [3.05, 3.63) is 0 Å². The molecule has 1 atom stereocenters. The molecular formula is C17H37N3. The van der Waals surface area contributed by atoms with Crippen molar-refractivity contribution in [3.8, 4) is 0 Å². The first-order chi connectivity index (χ1) is 9.59. The summed E-state index contributed by atoms with van der Waals surface area (Å²) in [6, 6.07) is 0.793. The average molecular weight is 284 g/mol. The van der Waals surface area contributed by atoms with Gasteiger partial charge in [0.05, 0.1) is 0 Å². The molecule has 1 fully saturated rings. The molecule has 1 heterocycles. The fourth-order valence-electron chi connectivity index (χ4n) is 3.04.